The van der Waals surface area contributed by atoms with E-state index in [1.807, 2.05) is 6.92 Å². The summed E-state index contributed by atoms with van der Waals surface area (Å²) < 4.78 is 15.1. The monoisotopic (exact) mass is 233 g/mol. The zero-order chi connectivity index (χ0) is 11.5. The largest absolute Gasteiger partial charge is 0.378 e. The first kappa shape index (κ1) is 13.2. The lowest BCUT2D eigenvalue weighted by atomic mass is 9.84. The number of rotatable bonds is 5. The van der Waals surface area contributed by atoms with E-state index < -0.39 is 7.74 Å². The Morgan fingerprint density at radius 2 is 2.20 bits per heavy atom. The fraction of sp³-hybridized carbons (Fsp3) is 1.00. The van der Waals surface area contributed by atoms with Gasteiger partial charge >= 0.3 is 7.74 Å². The second-order valence-corrected chi connectivity index (χ2v) is 5.18. The van der Waals surface area contributed by atoms with E-state index in [1.54, 1.807) is 0 Å². The molecule has 4 atom stereocenters. The molecule has 0 aliphatic heterocycles. The highest BCUT2D eigenvalue weighted by Crippen LogP contribution is 2.49. The molecule has 1 fully saturated rings. The minimum Gasteiger partial charge on any atom is -0.378 e. The van der Waals surface area contributed by atoms with E-state index in [9.17, 15) is 4.89 Å². The first-order valence-electron chi connectivity index (χ1n) is 4.96. The molecule has 1 rings (SSSR count). The predicted octanol–water partition coefficient (Wildman–Crippen LogP) is 1.69. The molecule has 7 heteroatoms. The molecule has 0 aromatic heterocycles. The molecule has 0 aromatic carbocycles. The van der Waals surface area contributed by atoms with Crippen molar-refractivity contribution in [2.75, 3.05) is 13.7 Å². The summed E-state index contributed by atoms with van der Waals surface area (Å²) in [7, 11) is 3.63. The summed E-state index contributed by atoms with van der Waals surface area (Å²) in [5.41, 5.74) is 0. The third-order valence-corrected chi connectivity index (χ3v) is 3.49. The average molecular weight is 233 g/mol. The molecule has 1 aliphatic carbocycles. The zero-order valence-electron chi connectivity index (χ0n) is 9.05. The van der Waals surface area contributed by atoms with Gasteiger partial charge < -0.3 is 18.7 Å². The summed E-state index contributed by atoms with van der Waals surface area (Å²) in [6.45, 7) is 2.55. The van der Waals surface area contributed by atoms with E-state index in [4.69, 9.17) is 22.3 Å². The Bertz CT molecular complexity index is 253. The molecular formula is C8H17BNO4P. The summed E-state index contributed by atoms with van der Waals surface area (Å²) in [6.07, 6.45) is 1.02. The van der Waals surface area contributed by atoms with Crippen molar-refractivity contribution in [1.82, 2.24) is 0 Å². The fourth-order valence-corrected chi connectivity index (χ4v) is 2.40. The van der Waals surface area contributed by atoms with Crippen LogP contribution >= 0.6 is 7.74 Å². The Labute approximate surface area is 91.6 Å². The highest BCUT2D eigenvalue weighted by molar-refractivity contribution is 7.48. The van der Waals surface area contributed by atoms with Gasteiger partial charge in [-0.3, -0.25) is 0 Å². The summed E-state index contributed by atoms with van der Waals surface area (Å²) in [4.78, 5) is 9.35. The Morgan fingerprint density at radius 1 is 1.53 bits per heavy atom. The van der Waals surface area contributed by atoms with Crippen LogP contribution < -0.4 is 0 Å². The third kappa shape index (κ3) is 3.89. The van der Waals surface area contributed by atoms with E-state index in [2.05, 4.69) is 4.52 Å². The minimum absolute atomic E-state index is 0.0619. The van der Waals surface area contributed by atoms with Gasteiger partial charge in [0.2, 0.25) is 0 Å². The first-order valence-corrected chi connectivity index (χ1v) is 6.54. The van der Waals surface area contributed by atoms with Gasteiger partial charge in [-0.1, -0.05) is 0 Å². The van der Waals surface area contributed by atoms with Crippen molar-refractivity contribution >= 4 is 15.6 Å². The van der Waals surface area contributed by atoms with Crippen LogP contribution in [0.4, 0.5) is 0 Å². The van der Waals surface area contributed by atoms with E-state index >= 15 is 0 Å². The Balaban J connectivity index is 2.47. The molecule has 0 saturated heterocycles. The van der Waals surface area contributed by atoms with Crippen LogP contribution in [0.1, 0.15) is 19.8 Å². The standard InChI is InChI=1S/C8H17BNO4P/c1-3-13-6-4-7(9)8(5-6)14-15(10,11)12-2/h6-8H,3-5H2,1-2H3,(H2,10,11). The minimum atomic E-state index is -3.44. The molecule has 0 heterocycles. The van der Waals surface area contributed by atoms with Gasteiger partial charge in [-0.25, -0.2) is 5.16 Å². The smallest absolute Gasteiger partial charge is 0.349 e. The SMILES string of the molecule is [B]C1CC(OCC)CC1OP(=N)(O)OC. The maximum Gasteiger partial charge on any atom is 0.349 e. The Hall–Kier alpha value is 0.135. The van der Waals surface area contributed by atoms with E-state index in [0.29, 0.717) is 19.4 Å². The highest BCUT2D eigenvalue weighted by Gasteiger charge is 2.35. The van der Waals surface area contributed by atoms with Crippen LogP contribution in [-0.2, 0) is 13.8 Å². The summed E-state index contributed by atoms with van der Waals surface area (Å²) in [6, 6.07) is 0. The second kappa shape index (κ2) is 5.46. The van der Waals surface area contributed by atoms with Crippen molar-refractivity contribution in [3.63, 3.8) is 0 Å². The maximum atomic E-state index is 9.35. The van der Waals surface area contributed by atoms with Gasteiger partial charge in [-0.05, 0) is 25.6 Å². The highest BCUT2D eigenvalue weighted by atomic mass is 31.2. The molecule has 0 bridgehead atoms. The summed E-state index contributed by atoms with van der Waals surface area (Å²) in [5, 5.41) is 7.32. The average Bonchev–Trinajstić information content (AvgIpc) is 2.47. The maximum absolute atomic E-state index is 9.35. The first-order chi connectivity index (χ1) is 6.98. The predicted molar refractivity (Wildman–Crippen MR) is 57.9 cm³/mol. The molecule has 0 amide bonds. The van der Waals surface area contributed by atoms with E-state index in [0.717, 1.165) is 0 Å². The Kier molecular flexibility index (Phi) is 4.80. The Morgan fingerprint density at radius 3 is 2.73 bits per heavy atom. The normalized spacial score (nSPS) is 35.3. The van der Waals surface area contributed by atoms with Crippen LogP contribution in [0.15, 0.2) is 0 Å². The topological polar surface area (TPSA) is 71.8 Å². The van der Waals surface area contributed by atoms with Gasteiger partial charge in [0.05, 0.1) is 20.1 Å². The van der Waals surface area contributed by atoms with Crippen molar-refractivity contribution in [1.29, 1.82) is 5.16 Å². The van der Waals surface area contributed by atoms with Crippen molar-refractivity contribution in [2.45, 2.75) is 37.8 Å². The van der Waals surface area contributed by atoms with Crippen LogP contribution in [-0.4, -0.2) is 38.7 Å². The van der Waals surface area contributed by atoms with Crippen LogP contribution in [0, 0.1) is 5.16 Å². The van der Waals surface area contributed by atoms with Crippen LogP contribution in [0.5, 0.6) is 0 Å². The molecule has 0 spiro atoms. The van der Waals surface area contributed by atoms with Crippen LogP contribution in [0.2, 0.25) is 5.82 Å². The van der Waals surface area contributed by atoms with Gasteiger partial charge in [-0.2, -0.15) is 0 Å². The summed E-state index contributed by atoms with van der Waals surface area (Å²) in [5.74, 6) is -0.200. The van der Waals surface area contributed by atoms with E-state index in [-0.39, 0.29) is 18.0 Å². The van der Waals surface area contributed by atoms with Crippen molar-refractivity contribution in [3.8, 4) is 0 Å². The number of hydrogen-bond donors (Lipinski definition) is 2. The number of ether oxygens (including phenoxy) is 1. The van der Waals surface area contributed by atoms with Crippen molar-refractivity contribution in [2.24, 2.45) is 0 Å². The third-order valence-electron chi connectivity index (χ3n) is 2.44. The molecule has 0 aromatic rings. The quantitative estimate of drug-likeness (QED) is 0.559. The van der Waals surface area contributed by atoms with Crippen LogP contribution in [0.25, 0.3) is 0 Å². The van der Waals surface area contributed by atoms with Crippen LogP contribution in [0.3, 0.4) is 0 Å². The van der Waals surface area contributed by atoms with Gasteiger partial charge in [0.15, 0.2) is 0 Å². The molecule has 1 saturated carbocycles. The van der Waals surface area contributed by atoms with E-state index in [1.165, 1.54) is 7.11 Å². The summed E-state index contributed by atoms with van der Waals surface area (Å²) >= 11 is 0. The molecule has 1 aliphatic rings. The van der Waals surface area contributed by atoms with Gasteiger partial charge in [-0.15, -0.1) is 0 Å². The lowest BCUT2D eigenvalue weighted by Crippen LogP contribution is -2.14. The molecule has 86 valence electrons. The molecule has 15 heavy (non-hydrogen) atoms. The number of hydrogen-bond acceptors (Lipinski definition) is 4. The zero-order valence-corrected chi connectivity index (χ0v) is 9.94. The molecule has 2 radical (unpaired) electrons. The molecule has 4 unspecified atom stereocenters. The second-order valence-electron chi connectivity index (χ2n) is 3.56. The van der Waals surface area contributed by atoms with Gasteiger partial charge in [0.25, 0.3) is 0 Å². The van der Waals surface area contributed by atoms with Gasteiger partial charge in [0, 0.05) is 13.7 Å². The number of nitrogens with one attached hydrogen (secondary N) is 1. The molecule has 5 nitrogen and oxygen atoms in total. The fourth-order valence-electron chi connectivity index (χ4n) is 1.71. The lowest BCUT2D eigenvalue weighted by Gasteiger charge is -2.21. The molecule has 2 N–H and O–H groups in total. The molecular weight excluding hydrogens is 216 g/mol. The lowest BCUT2D eigenvalue weighted by molar-refractivity contribution is 0.0560. The van der Waals surface area contributed by atoms with Crippen molar-refractivity contribution < 1.29 is 18.7 Å². The van der Waals surface area contributed by atoms with Crippen molar-refractivity contribution in [3.05, 3.63) is 0 Å². The van der Waals surface area contributed by atoms with Gasteiger partial charge in [0.1, 0.15) is 0 Å².